The van der Waals surface area contributed by atoms with Gasteiger partial charge in [-0.05, 0) is 54.7 Å². The minimum absolute atomic E-state index is 0.0177. The lowest BCUT2D eigenvalue weighted by Crippen LogP contribution is -2.14. The minimum atomic E-state index is -3.95. The van der Waals surface area contributed by atoms with Crippen molar-refractivity contribution in [2.45, 2.75) is 24.2 Å². The number of hydrogen-bond acceptors (Lipinski definition) is 3. The summed E-state index contributed by atoms with van der Waals surface area (Å²) in [5, 5.41) is 0. The first-order valence-corrected chi connectivity index (χ1v) is 9.75. The summed E-state index contributed by atoms with van der Waals surface area (Å²) in [5.41, 5.74) is 3.53. The van der Waals surface area contributed by atoms with E-state index in [1.165, 1.54) is 22.3 Å². The van der Waals surface area contributed by atoms with Crippen molar-refractivity contribution in [3.8, 4) is 11.3 Å². The van der Waals surface area contributed by atoms with Crippen LogP contribution in [0.5, 0.6) is 0 Å². The van der Waals surface area contributed by atoms with Crippen molar-refractivity contribution in [1.82, 2.24) is 3.97 Å². The van der Waals surface area contributed by atoms with Crippen LogP contribution in [0.4, 0.5) is 4.39 Å². The molecule has 4 nitrogen and oxygen atoms in total. The highest BCUT2D eigenvalue weighted by Gasteiger charge is 2.28. The minimum Gasteiger partial charge on any atom is -0.298 e. The van der Waals surface area contributed by atoms with Crippen LogP contribution in [0.1, 0.15) is 27.9 Å². The largest absolute Gasteiger partial charge is 0.298 e. The standard InChI is InChI=1S/C20H16FNO3S/c21-16-8-10-17(11-9-16)26(24,25)22-12-15(13-23)19-7-3-5-14-4-1-2-6-18(14)20(19)22/h1-2,4,6,8-13H,3,5,7H2. The molecule has 132 valence electrons. The zero-order chi connectivity index (χ0) is 18.3. The van der Waals surface area contributed by atoms with Crippen LogP contribution in [0.25, 0.3) is 11.3 Å². The summed E-state index contributed by atoms with van der Waals surface area (Å²) in [7, 11) is -3.95. The number of fused-ring (bicyclic) bond motifs is 3. The molecule has 6 heteroatoms. The van der Waals surface area contributed by atoms with Crippen molar-refractivity contribution in [3.05, 3.63) is 77.2 Å². The molecular weight excluding hydrogens is 353 g/mol. The van der Waals surface area contributed by atoms with Crippen molar-refractivity contribution in [1.29, 1.82) is 0 Å². The van der Waals surface area contributed by atoms with Gasteiger partial charge in [0.25, 0.3) is 10.0 Å². The van der Waals surface area contributed by atoms with Crippen LogP contribution >= 0.6 is 0 Å². The average Bonchev–Trinajstić information content (AvgIpc) is 2.91. The molecule has 1 aliphatic rings. The van der Waals surface area contributed by atoms with Crippen LogP contribution in [-0.4, -0.2) is 18.7 Å². The highest BCUT2D eigenvalue weighted by Crippen LogP contribution is 2.37. The predicted molar refractivity (Wildman–Crippen MR) is 96.3 cm³/mol. The Bertz CT molecular complexity index is 1100. The molecule has 0 amide bonds. The highest BCUT2D eigenvalue weighted by atomic mass is 32.2. The second-order valence-electron chi connectivity index (χ2n) is 6.29. The van der Waals surface area contributed by atoms with E-state index in [9.17, 15) is 17.6 Å². The number of aryl methyl sites for hydroxylation is 1. The lowest BCUT2D eigenvalue weighted by Gasteiger charge is -2.13. The summed E-state index contributed by atoms with van der Waals surface area (Å²) in [6.45, 7) is 0. The average molecular weight is 369 g/mol. The number of aldehydes is 1. The second-order valence-corrected chi connectivity index (χ2v) is 8.11. The van der Waals surface area contributed by atoms with Crippen LogP contribution < -0.4 is 0 Å². The maximum atomic E-state index is 13.2. The Morgan fingerprint density at radius 2 is 1.73 bits per heavy atom. The first kappa shape index (κ1) is 16.7. The van der Waals surface area contributed by atoms with Gasteiger partial charge in [-0.25, -0.2) is 16.8 Å². The van der Waals surface area contributed by atoms with Crippen molar-refractivity contribution >= 4 is 16.3 Å². The molecule has 0 saturated heterocycles. The van der Waals surface area contributed by atoms with Crippen LogP contribution in [0, 0.1) is 5.82 Å². The SMILES string of the molecule is O=Cc1cn(S(=O)(=O)c2ccc(F)cc2)c2c1CCCc1ccccc1-2. The van der Waals surface area contributed by atoms with Gasteiger partial charge in [-0.15, -0.1) is 0 Å². The summed E-state index contributed by atoms with van der Waals surface area (Å²) in [6, 6.07) is 12.3. The first-order chi connectivity index (χ1) is 12.5. The van der Waals surface area contributed by atoms with E-state index in [4.69, 9.17) is 0 Å². The molecule has 1 aliphatic carbocycles. The van der Waals surface area contributed by atoms with Crippen LogP contribution in [0.15, 0.2) is 59.6 Å². The topological polar surface area (TPSA) is 56.1 Å². The Morgan fingerprint density at radius 1 is 1.00 bits per heavy atom. The number of halogens is 1. The molecule has 0 saturated carbocycles. The molecule has 1 aromatic heterocycles. The van der Waals surface area contributed by atoms with E-state index in [2.05, 4.69) is 0 Å². The Morgan fingerprint density at radius 3 is 2.46 bits per heavy atom. The molecule has 4 rings (SSSR count). The van der Waals surface area contributed by atoms with Gasteiger partial charge in [-0.1, -0.05) is 24.3 Å². The molecule has 0 spiro atoms. The lowest BCUT2D eigenvalue weighted by molar-refractivity contribution is 0.112. The molecule has 0 unspecified atom stereocenters. The van der Waals surface area contributed by atoms with E-state index < -0.39 is 15.8 Å². The lowest BCUT2D eigenvalue weighted by atomic mass is 10.0. The Labute approximate surface area is 151 Å². The molecule has 0 aliphatic heterocycles. The van der Waals surface area contributed by atoms with E-state index in [0.717, 1.165) is 41.7 Å². The van der Waals surface area contributed by atoms with Gasteiger partial charge >= 0.3 is 0 Å². The third kappa shape index (κ3) is 2.57. The fourth-order valence-electron chi connectivity index (χ4n) is 3.52. The maximum absolute atomic E-state index is 13.2. The van der Waals surface area contributed by atoms with Crippen LogP contribution in [0.3, 0.4) is 0 Å². The van der Waals surface area contributed by atoms with Crippen LogP contribution in [-0.2, 0) is 22.9 Å². The van der Waals surface area contributed by atoms with E-state index in [1.54, 1.807) is 0 Å². The van der Waals surface area contributed by atoms with Gasteiger partial charge in [0.05, 0.1) is 10.6 Å². The summed E-state index contributed by atoms with van der Waals surface area (Å²) in [5.74, 6) is -0.505. The van der Waals surface area contributed by atoms with E-state index >= 15 is 0 Å². The van der Waals surface area contributed by atoms with Gasteiger partial charge in [0.1, 0.15) is 5.82 Å². The number of aromatic nitrogens is 1. The van der Waals surface area contributed by atoms with E-state index in [1.807, 2.05) is 24.3 Å². The smallest absolute Gasteiger partial charge is 0.268 e. The number of carbonyl (C=O) groups excluding carboxylic acids is 1. The van der Waals surface area contributed by atoms with Crippen molar-refractivity contribution in [2.24, 2.45) is 0 Å². The first-order valence-electron chi connectivity index (χ1n) is 8.31. The molecule has 0 fully saturated rings. The zero-order valence-corrected chi connectivity index (χ0v) is 14.7. The van der Waals surface area contributed by atoms with Crippen molar-refractivity contribution in [3.63, 3.8) is 0 Å². The molecule has 0 radical (unpaired) electrons. The Balaban J connectivity index is 2.02. The van der Waals surface area contributed by atoms with E-state index in [-0.39, 0.29) is 4.90 Å². The molecule has 0 bridgehead atoms. The third-order valence-electron chi connectivity index (χ3n) is 4.75. The van der Waals surface area contributed by atoms with Gasteiger partial charge in [0.2, 0.25) is 0 Å². The normalized spacial score (nSPS) is 13.6. The van der Waals surface area contributed by atoms with E-state index in [0.29, 0.717) is 24.0 Å². The highest BCUT2D eigenvalue weighted by molar-refractivity contribution is 7.90. The summed E-state index contributed by atoms with van der Waals surface area (Å²) in [4.78, 5) is 11.5. The van der Waals surface area contributed by atoms with Gasteiger partial charge in [0.15, 0.2) is 6.29 Å². The molecule has 2 aromatic carbocycles. The van der Waals surface area contributed by atoms with Crippen molar-refractivity contribution < 1.29 is 17.6 Å². The van der Waals surface area contributed by atoms with Crippen LogP contribution in [0.2, 0.25) is 0 Å². The van der Waals surface area contributed by atoms with Gasteiger partial charge in [0, 0.05) is 17.3 Å². The fourth-order valence-corrected chi connectivity index (χ4v) is 4.93. The summed E-state index contributed by atoms with van der Waals surface area (Å²) < 4.78 is 40.8. The van der Waals surface area contributed by atoms with Crippen molar-refractivity contribution in [2.75, 3.05) is 0 Å². The predicted octanol–water partition coefficient (Wildman–Crippen LogP) is 3.83. The number of benzene rings is 2. The fraction of sp³-hybridized carbons (Fsp3) is 0.150. The monoisotopic (exact) mass is 369 g/mol. The molecule has 26 heavy (non-hydrogen) atoms. The molecule has 0 N–H and O–H groups in total. The van der Waals surface area contributed by atoms with Gasteiger partial charge in [-0.2, -0.15) is 0 Å². The Hall–Kier alpha value is -2.73. The summed E-state index contributed by atoms with van der Waals surface area (Å²) in [6.07, 6.45) is 4.36. The quantitative estimate of drug-likeness (QED) is 0.659. The summed E-state index contributed by atoms with van der Waals surface area (Å²) >= 11 is 0. The Kier molecular flexibility index (Phi) is 4.00. The second kappa shape index (κ2) is 6.21. The number of nitrogens with zero attached hydrogens (tertiary/aromatic N) is 1. The van der Waals surface area contributed by atoms with Gasteiger partial charge in [-0.3, -0.25) is 4.79 Å². The van der Waals surface area contributed by atoms with Gasteiger partial charge < -0.3 is 0 Å². The molecular formula is C20H16FNO3S. The zero-order valence-electron chi connectivity index (χ0n) is 13.9. The number of rotatable bonds is 3. The third-order valence-corrected chi connectivity index (χ3v) is 6.43. The number of carbonyl (C=O) groups is 1. The molecule has 3 aromatic rings. The maximum Gasteiger partial charge on any atom is 0.268 e. The number of hydrogen-bond donors (Lipinski definition) is 0. The molecule has 1 heterocycles. The molecule has 0 atom stereocenters.